The van der Waals surface area contributed by atoms with Crippen LogP contribution in [0.5, 0.6) is 0 Å². The molecule has 0 aromatic carbocycles. The van der Waals surface area contributed by atoms with Crippen LogP contribution in [-0.4, -0.2) is 28.4 Å². The highest BCUT2D eigenvalue weighted by Crippen LogP contribution is 2.06. The van der Waals surface area contributed by atoms with E-state index < -0.39 is 0 Å². The van der Waals surface area contributed by atoms with Gasteiger partial charge in [0.25, 0.3) is 5.91 Å². The van der Waals surface area contributed by atoms with Gasteiger partial charge in [0.1, 0.15) is 5.56 Å². The number of carbonyl (C=O) groups excluding carboxylic acids is 1. The number of hydrogen-bond donors (Lipinski definition) is 1. The van der Waals surface area contributed by atoms with Gasteiger partial charge in [0, 0.05) is 30.5 Å². The van der Waals surface area contributed by atoms with Crippen LogP contribution >= 0.6 is 0 Å². The zero-order valence-electron chi connectivity index (χ0n) is 10.9. The van der Waals surface area contributed by atoms with Crippen LogP contribution in [0.4, 0.5) is 0 Å². The van der Waals surface area contributed by atoms with Crippen molar-refractivity contribution in [1.82, 2.24) is 9.88 Å². The number of nitrogens with zero attached hydrogens (tertiary/aromatic N) is 2. The van der Waals surface area contributed by atoms with Gasteiger partial charge < -0.3 is 9.88 Å². The molecule has 0 aliphatic carbocycles. The number of hydrogen-bond acceptors (Lipinski definition) is 3. The van der Waals surface area contributed by atoms with E-state index in [-0.39, 0.29) is 29.4 Å². The van der Waals surface area contributed by atoms with Crippen molar-refractivity contribution >= 4 is 5.91 Å². The van der Waals surface area contributed by atoms with Crippen molar-refractivity contribution < 1.29 is 4.79 Å². The number of aromatic amines is 1. The van der Waals surface area contributed by atoms with E-state index in [1.165, 1.54) is 17.2 Å². The molecule has 0 spiro atoms. The third-order valence-corrected chi connectivity index (χ3v) is 2.64. The van der Waals surface area contributed by atoms with E-state index >= 15 is 0 Å². The molecule has 5 nitrogen and oxygen atoms in total. The first-order valence-corrected chi connectivity index (χ1v) is 5.84. The first-order chi connectivity index (χ1) is 8.47. The van der Waals surface area contributed by atoms with Crippen LogP contribution in [0.3, 0.4) is 0 Å². The molecule has 0 saturated carbocycles. The Bertz CT molecular complexity index is 526. The van der Waals surface area contributed by atoms with E-state index in [0.717, 1.165) is 0 Å². The van der Waals surface area contributed by atoms with E-state index in [1.54, 1.807) is 6.92 Å². The standard InChI is InChI=1S/C13H17N3O2/c1-9(2)16(6-4-5-14)13(18)11-8-15-10(3)7-12(11)17/h7-9H,4,6H2,1-3H3,(H,15,17). The smallest absolute Gasteiger partial charge is 0.259 e. The largest absolute Gasteiger partial charge is 0.364 e. The Morgan fingerprint density at radius 3 is 2.72 bits per heavy atom. The van der Waals surface area contributed by atoms with Crippen molar-refractivity contribution in [2.24, 2.45) is 0 Å². The fourth-order valence-electron chi connectivity index (χ4n) is 1.66. The number of aryl methyl sites for hydroxylation is 1. The summed E-state index contributed by atoms with van der Waals surface area (Å²) < 4.78 is 0. The zero-order valence-corrected chi connectivity index (χ0v) is 10.9. The molecular formula is C13H17N3O2. The minimum atomic E-state index is -0.332. The zero-order chi connectivity index (χ0) is 13.7. The third kappa shape index (κ3) is 3.20. The molecule has 1 N–H and O–H groups in total. The SMILES string of the molecule is Cc1cc(=O)c(C(=O)N(CCC#N)C(C)C)c[nH]1. The van der Waals surface area contributed by atoms with Gasteiger partial charge in [-0.3, -0.25) is 9.59 Å². The van der Waals surface area contributed by atoms with Crippen molar-refractivity contribution in [3.8, 4) is 6.07 Å². The summed E-state index contributed by atoms with van der Waals surface area (Å²) >= 11 is 0. The van der Waals surface area contributed by atoms with Crippen LogP contribution in [0.25, 0.3) is 0 Å². The molecule has 1 amide bonds. The van der Waals surface area contributed by atoms with E-state index in [2.05, 4.69) is 4.98 Å². The maximum Gasteiger partial charge on any atom is 0.259 e. The highest BCUT2D eigenvalue weighted by molar-refractivity contribution is 5.94. The lowest BCUT2D eigenvalue weighted by Gasteiger charge is -2.25. The molecule has 5 heteroatoms. The molecule has 0 atom stereocenters. The Morgan fingerprint density at radius 2 is 2.22 bits per heavy atom. The minimum Gasteiger partial charge on any atom is -0.364 e. The van der Waals surface area contributed by atoms with Crippen LogP contribution < -0.4 is 5.43 Å². The second-order valence-corrected chi connectivity index (χ2v) is 4.39. The van der Waals surface area contributed by atoms with Gasteiger partial charge in [-0.05, 0) is 20.8 Å². The predicted octanol–water partition coefficient (Wildman–Crippen LogP) is 1.45. The predicted molar refractivity (Wildman–Crippen MR) is 68.2 cm³/mol. The van der Waals surface area contributed by atoms with E-state index in [4.69, 9.17) is 5.26 Å². The molecule has 0 aliphatic rings. The fraction of sp³-hybridized carbons (Fsp3) is 0.462. The van der Waals surface area contributed by atoms with Gasteiger partial charge in [0.05, 0.1) is 12.5 Å². The topological polar surface area (TPSA) is 77.0 Å². The summed E-state index contributed by atoms with van der Waals surface area (Å²) in [6.45, 7) is 5.81. The van der Waals surface area contributed by atoms with Crippen molar-refractivity contribution in [2.75, 3.05) is 6.54 Å². The molecule has 1 aromatic heterocycles. The number of rotatable bonds is 4. The Kier molecular flexibility index (Phi) is 4.67. The molecular weight excluding hydrogens is 230 g/mol. The average Bonchev–Trinajstić information content (AvgIpc) is 2.28. The number of pyridine rings is 1. The van der Waals surface area contributed by atoms with Crippen molar-refractivity contribution in [1.29, 1.82) is 5.26 Å². The maximum absolute atomic E-state index is 12.2. The molecule has 0 bridgehead atoms. The molecule has 0 unspecified atom stereocenters. The number of nitriles is 1. The summed E-state index contributed by atoms with van der Waals surface area (Å²) in [5, 5.41) is 8.58. The molecule has 1 rings (SSSR count). The second-order valence-electron chi connectivity index (χ2n) is 4.39. The summed E-state index contributed by atoms with van der Waals surface area (Å²) in [6, 6.07) is 3.35. The summed E-state index contributed by atoms with van der Waals surface area (Å²) in [6.07, 6.45) is 1.69. The van der Waals surface area contributed by atoms with Gasteiger partial charge >= 0.3 is 0 Å². The van der Waals surface area contributed by atoms with Crippen LogP contribution in [0.15, 0.2) is 17.1 Å². The normalized spacial score (nSPS) is 10.2. The Hall–Kier alpha value is -2.09. The quantitative estimate of drug-likeness (QED) is 0.874. The van der Waals surface area contributed by atoms with Crippen molar-refractivity contribution in [3.63, 3.8) is 0 Å². The summed E-state index contributed by atoms with van der Waals surface area (Å²) in [5.41, 5.74) is 0.538. The fourth-order valence-corrected chi connectivity index (χ4v) is 1.66. The van der Waals surface area contributed by atoms with Gasteiger partial charge in [-0.15, -0.1) is 0 Å². The first kappa shape index (κ1) is 14.0. The lowest BCUT2D eigenvalue weighted by molar-refractivity contribution is 0.0708. The van der Waals surface area contributed by atoms with Gasteiger partial charge in [0.15, 0.2) is 5.43 Å². The maximum atomic E-state index is 12.2. The van der Waals surface area contributed by atoms with E-state index in [1.807, 2.05) is 19.9 Å². The summed E-state index contributed by atoms with van der Waals surface area (Å²) in [4.78, 5) is 28.4. The molecule has 0 fully saturated rings. The minimum absolute atomic E-state index is 0.0495. The molecule has 1 aromatic rings. The van der Waals surface area contributed by atoms with Crippen LogP contribution in [0.1, 0.15) is 36.3 Å². The molecule has 1 heterocycles. The second kappa shape index (κ2) is 6.01. The average molecular weight is 247 g/mol. The van der Waals surface area contributed by atoms with E-state index in [0.29, 0.717) is 12.2 Å². The van der Waals surface area contributed by atoms with Crippen LogP contribution in [0.2, 0.25) is 0 Å². The number of nitrogens with one attached hydrogen (secondary N) is 1. The molecule has 0 radical (unpaired) electrons. The van der Waals surface area contributed by atoms with Gasteiger partial charge in [-0.1, -0.05) is 0 Å². The van der Waals surface area contributed by atoms with Crippen LogP contribution in [-0.2, 0) is 0 Å². The van der Waals surface area contributed by atoms with Crippen LogP contribution in [0, 0.1) is 18.3 Å². The summed E-state index contributed by atoms with van der Waals surface area (Å²) in [5.74, 6) is -0.332. The monoisotopic (exact) mass is 247 g/mol. The molecule has 0 aliphatic heterocycles. The van der Waals surface area contributed by atoms with Gasteiger partial charge in [-0.2, -0.15) is 5.26 Å². The van der Waals surface area contributed by atoms with Gasteiger partial charge in [-0.25, -0.2) is 0 Å². The van der Waals surface area contributed by atoms with Crippen molar-refractivity contribution in [3.05, 3.63) is 33.7 Å². The third-order valence-electron chi connectivity index (χ3n) is 2.64. The highest BCUT2D eigenvalue weighted by atomic mass is 16.2. The van der Waals surface area contributed by atoms with Crippen molar-refractivity contribution in [2.45, 2.75) is 33.2 Å². The molecule has 18 heavy (non-hydrogen) atoms. The Morgan fingerprint density at radius 1 is 1.56 bits per heavy atom. The number of carbonyl (C=O) groups is 1. The van der Waals surface area contributed by atoms with Gasteiger partial charge in [0.2, 0.25) is 0 Å². The number of amides is 1. The number of aromatic nitrogens is 1. The highest BCUT2D eigenvalue weighted by Gasteiger charge is 2.20. The number of H-pyrrole nitrogens is 1. The summed E-state index contributed by atoms with van der Waals surface area (Å²) in [7, 11) is 0. The van der Waals surface area contributed by atoms with E-state index in [9.17, 15) is 9.59 Å². The first-order valence-electron chi connectivity index (χ1n) is 5.84. The lowest BCUT2D eigenvalue weighted by atomic mass is 10.2. The molecule has 0 saturated heterocycles. The molecule has 96 valence electrons. The Labute approximate surface area is 106 Å². The lowest BCUT2D eigenvalue weighted by Crippen LogP contribution is -2.39. The Balaban J connectivity index is 3.03.